The molecule has 0 aliphatic carbocycles. The number of rotatable bonds is 13. The van der Waals surface area contributed by atoms with E-state index in [-0.39, 0.29) is 51.9 Å². The number of hydrogen-bond donors (Lipinski definition) is 4. The van der Waals surface area contributed by atoms with Gasteiger partial charge in [0.05, 0.1) is 12.2 Å². The van der Waals surface area contributed by atoms with E-state index < -0.39 is 47.7 Å². The highest BCUT2D eigenvalue weighted by molar-refractivity contribution is 6.13. The van der Waals surface area contributed by atoms with Crippen molar-refractivity contribution in [2.45, 2.75) is 37.9 Å². The van der Waals surface area contributed by atoms with Crippen LogP contribution in [-0.2, 0) is 28.8 Å². The lowest BCUT2D eigenvalue weighted by molar-refractivity contribution is -0.139. The van der Waals surface area contributed by atoms with E-state index in [1.165, 1.54) is 0 Å². The average molecular weight is 450 g/mol. The van der Waals surface area contributed by atoms with Gasteiger partial charge in [-0.05, 0) is 12.8 Å². The van der Waals surface area contributed by atoms with Crippen LogP contribution >= 0.6 is 0 Å². The van der Waals surface area contributed by atoms with Gasteiger partial charge >= 0.3 is 0 Å². The third kappa shape index (κ3) is 7.39. The topological polar surface area (TPSA) is 173 Å². The first-order valence-corrected chi connectivity index (χ1v) is 10.2. The minimum absolute atomic E-state index is 0.0437. The highest BCUT2D eigenvalue weighted by Gasteiger charge is 2.24. The summed E-state index contributed by atoms with van der Waals surface area (Å²) in [7, 11) is 0. The molecule has 0 aromatic carbocycles. The number of imide groups is 2. The van der Waals surface area contributed by atoms with Crippen molar-refractivity contribution in [3.63, 3.8) is 0 Å². The van der Waals surface area contributed by atoms with Gasteiger partial charge in [-0.25, -0.2) is 0 Å². The van der Waals surface area contributed by atoms with Crippen molar-refractivity contribution in [1.29, 1.82) is 0 Å². The van der Waals surface area contributed by atoms with Crippen LogP contribution in [0.25, 0.3) is 0 Å². The van der Waals surface area contributed by atoms with Gasteiger partial charge in [0.1, 0.15) is 0 Å². The summed E-state index contributed by atoms with van der Waals surface area (Å²) in [5.41, 5.74) is 0. The number of nitrogens with zero attached hydrogens (tertiary/aromatic N) is 2. The van der Waals surface area contributed by atoms with Gasteiger partial charge in [0, 0.05) is 63.3 Å². The molecular formula is C20H26N4O8. The van der Waals surface area contributed by atoms with Crippen LogP contribution in [0.15, 0.2) is 24.3 Å². The summed E-state index contributed by atoms with van der Waals surface area (Å²) in [6.07, 6.45) is 2.24. The van der Waals surface area contributed by atoms with Crippen LogP contribution in [0.3, 0.4) is 0 Å². The number of amides is 6. The summed E-state index contributed by atoms with van der Waals surface area (Å²) in [6, 6.07) is 0. The predicted molar refractivity (Wildman–Crippen MR) is 108 cm³/mol. The molecule has 4 N–H and O–H groups in total. The van der Waals surface area contributed by atoms with E-state index in [1.54, 1.807) is 0 Å². The largest absolute Gasteiger partial charge is 0.390 e. The van der Waals surface area contributed by atoms with Crippen molar-refractivity contribution in [2.75, 3.05) is 26.2 Å². The Bertz CT molecular complexity index is 733. The summed E-state index contributed by atoms with van der Waals surface area (Å²) < 4.78 is 0. The van der Waals surface area contributed by atoms with Crippen LogP contribution in [0.1, 0.15) is 25.7 Å². The first kappa shape index (κ1) is 24.9. The van der Waals surface area contributed by atoms with Crippen molar-refractivity contribution in [3.8, 4) is 0 Å². The molecule has 0 unspecified atom stereocenters. The molecule has 2 aliphatic rings. The second-order valence-corrected chi connectivity index (χ2v) is 7.23. The van der Waals surface area contributed by atoms with Crippen molar-refractivity contribution in [2.24, 2.45) is 0 Å². The molecular weight excluding hydrogens is 424 g/mol. The minimum atomic E-state index is -1.14. The molecule has 2 heterocycles. The van der Waals surface area contributed by atoms with Gasteiger partial charge < -0.3 is 20.8 Å². The number of aliphatic hydroxyl groups excluding tert-OH is 2. The monoisotopic (exact) mass is 450 g/mol. The normalized spacial score (nSPS) is 17.3. The van der Waals surface area contributed by atoms with Crippen molar-refractivity contribution in [3.05, 3.63) is 24.3 Å². The minimum Gasteiger partial charge on any atom is -0.390 e. The third-order valence-corrected chi connectivity index (χ3v) is 4.89. The van der Waals surface area contributed by atoms with E-state index in [1.807, 2.05) is 0 Å². The molecule has 2 aliphatic heterocycles. The zero-order chi connectivity index (χ0) is 23.7. The Morgan fingerprint density at radius 3 is 1.31 bits per heavy atom. The molecule has 0 bridgehead atoms. The van der Waals surface area contributed by atoms with Crippen LogP contribution in [0.5, 0.6) is 0 Å². The second-order valence-electron chi connectivity index (χ2n) is 7.23. The van der Waals surface area contributed by atoms with Crippen LogP contribution in [0.4, 0.5) is 0 Å². The molecule has 0 radical (unpaired) electrons. The zero-order valence-corrected chi connectivity index (χ0v) is 17.4. The summed E-state index contributed by atoms with van der Waals surface area (Å²) in [4.78, 5) is 71.0. The van der Waals surface area contributed by atoms with Gasteiger partial charge in [0.15, 0.2) is 0 Å². The lowest BCUT2D eigenvalue weighted by Gasteiger charge is -2.19. The Kier molecular flexibility index (Phi) is 9.22. The highest BCUT2D eigenvalue weighted by atomic mass is 16.3. The molecule has 0 fully saturated rings. The average Bonchev–Trinajstić information content (AvgIpc) is 3.24. The summed E-state index contributed by atoms with van der Waals surface area (Å²) in [5.74, 6) is -2.69. The number of aliphatic hydroxyl groups is 2. The molecule has 12 nitrogen and oxygen atoms in total. The molecule has 2 rings (SSSR count). The Morgan fingerprint density at radius 2 is 1.00 bits per heavy atom. The van der Waals surface area contributed by atoms with E-state index in [2.05, 4.69) is 10.6 Å². The maximum Gasteiger partial charge on any atom is 0.253 e. The SMILES string of the molecule is O=C(CCN1C(=O)C=CC1=O)NCC[C@@H](O)[C@H](O)CCNC(=O)CCN1C(=O)C=CC1=O. The fraction of sp³-hybridized carbons (Fsp3) is 0.500. The Balaban J connectivity index is 1.53. The smallest absolute Gasteiger partial charge is 0.253 e. The van der Waals surface area contributed by atoms with Gasteiger partial charge in [0.25, 0.3) is 23.6 Å². The molecule has 12 heteroatoms. The number of carbonyl (C=O) groups excluding carboxylic acids is 6. The van der Waals surface area contributed by atoms with E-state index in [9.17, 15) is 39.0 Å². The molecule has 0 spiro atoms. The quantitative estimate of drug-likeness (QED) is 0.220. The standard InChI is InChI=1S/C20H26N4O8/c25-13(5-9-21-15(27)7-11-23-17(29)1-2-18(23)30)14(26)6-10-22-16(28)8-12-24-19(31)3-4-20(24)32/h1-4,13-14,25-26H,5-12H2,(H,21,27)(H,22,28)/t13-,14-/m1/s1. The van der Waals surface area contributed by atoms with Crippen LogP contribution in [-0.4, -0.2) is 93.8 Å². The van der Waals surface area contributed by atoms with Gasteiger partial charge in [-0.2, -0.15) is 0 Å². The van der Waals surface area contributed by atoms with Gasteiger partial charge in [-0.1, -0.05) is 0 Å². The summed E-state index contributed by atoms with van der Waals surface area (Å²) in [6.45, 7) is 0.0704. The van der Waals surface area contributed by atoms with E-state index >= 15 is 0 Å². The van der Waals surface area contributed by atoms with Crippen molar-refractivity contribution in [1.82, 2.24) is 20.4 Å². The van der Waals surface area contributed by atoms with Crippen molar-refractivity contribution >= 4 is 35.4 Å². The molecule has 32 heavy (non-hydrogen) atoms. The van der Waals surface area contributed by atoms with E-state index in [4.69, 9.17) is 0 Å². The fourth-order valence-corrected chi connectivity index (χ4v) is 3.01. The summed E-state index contributed by atoms with van der Waals surface area (Å²) >= 11 is 0. The molecule has 0 saturated carbocycles. The van der Waals surface area contributed by atoms with Gasteiger partial charge in [-0.15, -0.1) is 0 Å². The van der Waals surface area contributed by atoms with Crippen molar-refractivity contribution < 1.29 is 39.0 Å². The van der Waals surface area contributed by atoms with Crippen LogP contribution in [0, 0.1) is 0 Å². The number of hydrogen-bond acceptors (Lipinski definition) is 8. The van der Waals surface area contributed by atoms with Crippen LogP contribution < -0.4 is 10.6 Å². The van der Waals surface area contributed by atoms with Gasteiger partial charge in [0.2, 0.25) is 11.8 Å². The Morgan fingerprint density at radius 1 is 0.688 bits per heavy atom. The van der Waals surface area contributed by atoms with E-state index in [0.29, 0.717) is 0 Å². The molecule has 0 aromatic heterocycles. The van der Waals surface area contributed by atoms with Gasteiger partial charge in [-0.3, -0.25) is 38.6 Å². The third-order valence-electron chi connectivity index (χ3n) is 4.89. The lowest BCUT2D eigenvalue weighted by atomic mass is 10.1. The zero-order valence-electron chi connectivity index (χ0n) is 17.4. The number of carbonyl (C=O) groups is 6. The maximum absolute atomic E-state index is 11.8. The Hall–Kier alpha value is -3.38. The number of nitrogens with one attached hydrogen (secondary N) is 2. The maximum atomic E-state index is 11.8. The lowest BCUT2D eigenvalue weighted by Crippen LogP contribution is -2.38. The molecule has 0 aromatic rings. The second kappa shape index (κ2) is 11.9. The molecule has 6 amide bonds. The first-order chi connectivity index (χ1) is 15.2. The molecule has 0 saturated heterocycles. The van der Waals surface area contributed by atoms with E-state index in [0.717, 1.165) is 34.1 Å². The predicted octanol–water partition coefficient (Wildman–Crippen LogP) is -2.65. The molecule has 2 atom stereocenters. The first-order valence-electron chi connectivity index (χ1n) is 10.2. The summed E-state index contributed by atoms with van der Waals surface area (Å²) in [5, 5.41) is 25.0. The molecule has 174 valence electrons. The highest BCUT2D eigenvalue weighted by Crippen LogP contribution is 2.06. The van der Waals surface area contributed by atoms with Crippen LogP contribution in [0.2, 0.25) is 0 Å². The Labute approximate surface area is 183 Å². The fourth-order valence-electron chi connectivity index (χ4n) is 3.01.